The molecule has 2 fully saturated rings. The molecule has 2 aliphatic rings. The van der Waals surface area contributed by atoms with Crippen molar-refractivity contribution in [2.45, 2.75) is 38.3 Å². The van der Waals surface area contributed by atoms with Gasteiger partial charge in [-0.15, -0.1) is 0 Å². The summed E-state index contributed by atoms with van der Waals surface area (Å²) in [5.41, 5.74) is 1.99. The molecule has 33 heavy (non-hydrogen) atoms. The van der Waals surface area contributed by atoms with Crippen LogP contribution in [0.3, 0.4) is 0 Å². The number of hydrogen-bond donors (Lipinski definition) is 0. The summed E-state index contributed by atoms with van der Waals surface area (Å²) >= 11 is 0. The summed E-state index contributed by atoms with van der Waals surface area (Å²) in [5.74, 6) is 2.40. The molecule has 2 aromatic carbocycles. The van der Waals surface area contributed by atoms with Gasteiger partial charge in [-0.05, 0) is 48.9 Å². The Morgan fingerprint density at radius 2 is 1.85 bits per heavy atom. The van der Waals surface area contributed by atoms with E-state index in [1.807, 2.05) is 23.1 Å². The highest BCUT2D eigenvalue weighted by Gasteiger charge is 2.39. The number of ether oxygens (including phenoxy) is 3. The topological polar surface area (TPSA) is 51.2 Å². The van der Waals surface area contributed by atoms with Gasteiger partial charge in [0.25, 0.3) is 0 Å². The van der Waals surface area contributed by atoms with E-state index in [9.17, 15) is 9.18 Å². The van der Waals surface area contributed by atoms with Gasteiger partial charge in [0, 0.05) is 44.2 Å². The average molecular weight is 457 g/mol. The van der Waals surface area contributed by atoms with Crippen LogP contribution in [-0.4, -0.2) is 62.7 Å². The van der Waals surface area contributed by atoms with Crippen LogP contribution in [-0.2, 0) is 17.8 Å². The summed E-state index contributed by atoms with van der Waals surface area (Å²) in [6.45, 7) is 3.24. The van der Waals surface area contributed by atoms with E-state index >= 15 is 0 Å². The first-order valence-corrected chi connectivity index (χ1v) is 11.6. The molecule has 2 atom stereocenters. The fourth-order valence-corrected chi connectivity index (χ4v) is 5.33. The molecule has 7 heteroatoms. The van der Waals surface area contributed by atoms with E-state index in [1.165, 1.54) is 6.07 Å². The predicted octanol–water partition coefficient (Wildman–Crippen LogP) is 3.91. The van der Waals surface area contributed by atoms with E-state index in [2.05, 4.69) is 4.90 Å². The molecule has 0 spiro atoms. The minimum absolute atomic E-state index is 0.225. The van der Waals surface area contributed by atoms with Crippen molar-refractivity contribution >= 4 is 5.91 Å². The number of piperidine rings is 2. The maximum Gasteiger partial charge on any atom is 0.222 e. The van der Waals surface area contributed by atoms with Crippen LogP contribution >= 0.6 is 0 Å². The smallest absolute Gasteiger partial charge is 0.222 e. The van der Waals surface area contributed by atoms with Crippen LogP contribution in [0.4, 0.5) is 4.39 Å². The zero-order valence-electron chi connectivity index (χ0n) is 19.7. The molecule has 2 saturated heterocycles. The average Bonchev–Trinajstić information content (AvgIpc) is 2.83. The number of rotatable bonds is 8. The van der Waals surface area contributed by atoms with E-state index in [1.54, 1.807) is 33.5 Å². The first-order chi connectivity index (χ1) is 16.0. The van der Waals surface area contributed by atoms with Gasteiger partial charge in [-0.3, -0.25) is 9.69 Å². The summed E-state index contributed by atoms with van der Waals surface area (Å²) in [4.78, 5) is 17.2. The van der Waals surface area contributed by atoms with E-state index in [0.717, 1.165) is 43.6 Å². The highest BCUT2D eigenvalue weighted by Crippen LogP contribution is 2.41. The van der Waals surface area contributed by atoms with E-state index in [4.69, 9.17) is 14.2 Å². The monoisotopic (exact) mass is 456 g/mol. The van der Waals surface area contributed by atoms with Crippen molar-refractivity contribution in [1.82, 2.24) is 9.80 Å². The third-order valence-corrected chi connectivity index (χ3v) is 6.94. The normalized spacial score (nSPS) is 21.0. The molecule has 0 N–H and O–H groups in total. The fraction of sp³-hybridized carbons (Fsp3) is 0.500. The third kappa shape index (κ3) is 5.08. The van der Waals surface area contributed by atoms with Gasteiger partial charge < -0.3 is 19.1 Å². The van der Waals surface area contributed by atoms with Crippen LogP contribution in [0.2, 0.25) is 0 Å². The van der Waals surface area contributed by atoms with Gasteiger partial charge in [0.05, 0.1) is 21.3 Å². The fourth-order valence-electron chi connectivity index (χ4n) is 5.33. The lowest BCUT2D eigenvalue weighted by Crippen LogP contribution is -2.56. The van der Waals surface area contributed by atoms with Gasteiger partial charge in [-0.25, -0.2) is 4.39 Å². The second-order valence-corrected chi connectivity index (χ2v) is 8.85. The Bertz CT molecular complexity index is 983. The van der Waals surface area contributed by atoms with E-state index in [-0.39, 0.29) is 17.8 Å². The number of amides is 1. The molecule has 0 aliphatic carbocycles. The van der Waals surface area contributed by atoms with E-state index < -0.39 is 0 Å². The maximum atomic E-state index is 13.5. The summed E-state index contributed by atoms with van der Waals surface area (Å²) < 4.78 is 30.1. The summed E-state index contributed by atoms with van der Waals surface area (Å²) in [6, 6.07) is 10.9. The Balaban J connectivity index is 1.42. The number of carbonyl (C=O) groups is 1. The Kier molecular flexibility index (Phi) is 7.38. The van der Waals surface area contributed by atoms with Crippen molar-refractivity contribution in [3.63, 3.8) is 0 Å². The highest BCUT2D eigenvalue weighted by atomic mass is 19.1. The second kappa shape index (κ2) is 10.4. The van der Waals surface area contributed by atoms with Gasteiger partial charge in [0.2, 0.25) is 11.7 Å². The van der Waals surface area contributed by atoms with Crippen molar-refractivity contribution < 1.29 is 23.4 Å². The molecule has 0 aromatic heterocycles. The van der Waals surface area contributed by atoms with Gasteiger partial charge in [-0.1, -0.05) is 18.2 Å². The standard InChI is InChI=1S/C26H33FN2O4/c1-31-23-9-7-20(25(32-2)26(23)33-3)17-28-13-12-22-19(16-28)8-10-24(30)29(22)14-11-18-5-4-6-21(27)15-18/h4-7,9,15,19,22H,8,10-14,16-17H2,1-3H3/t19-,22+/m1/s1. The Morgan fingerprint density at radius 1 is 1.03 bits per heavy atom. The molecule has 0 radical (unpaired) electrons. The minimum atomic E-state index is -0.228. The van der Waals surface area contributed by atoms with Crippen molar-refractivity contribution in [2.24, 2.45) is 5.92 Å². The number of carbonyl (C=O) groups excluding carboxylic acids is 1. The lowest BCUT2D eigenvalue weighted by Gasteiger charge is -2.47. The molecule has 0 unspecified atom stereocenters. The lowest BCUT2D eigenvalue weighted by atomic mass is 9.83. The van der Waals surface area contributed by atoms with Crippen molar-refractivity contribution in [2.75, 3.05) is 41.0 Å². The number of halogens is 1. The molecule has 0 bridgehead atoms. The minimum Gasteiger partial charge on any atom is -0.493 e. The molecular weight excluding hydrogens is 423 g/mol. The van der Waals surface area contributed by atoms with Crippen molar-refractivity contribution in [3.05, 3.63) is 53.3 Å². The zero-order valence-corrected chi connectivity index (χ0v) is 19.7. The lowest BCUT2D eigenvalue weighted by molar-refractivity contribution is -0.141. The molecule has 6 nitrogen and oxygen atoms in total. The first kappa shape index (κ1) is 23.4. The summed E-state index contributed by atoms with van der Waals surface area (Å²) in [5, 5.41) is 0. The van der Waals surface area contributed by atoms with E-state index in [0.29, 0.717) is 42.6 Å². The molecule has 2 heterocycles. The SMILES string of the molecule is COc1ccc(CN2CC[C@H]3[C@H](CCC(=O)N3CCc3cccc(F)c3)C2)c(OC)c1OC. The highest BCUT2D eigenvalue weighted by molar-refractivity contribution is 5.77. The number of likely N-dealkylation sites (tertiary alicyclic amines) is 2. The number of nitrogens with zero attached hydrogens (tertiary/aromatic N) is 2. The van der Waals surface area contributed by atoms with Crippen LogP contribution in [0.15, 0.2) is 36.4 Å². The summed E-state index contributed by atoms with van der Waals surface area (Å²) in [6.07, 6.45) is 3.12. The molecule has 2 aliphatic heterocycles. The largest absolute Gasteiger partial charge is 0.493 e. The Labute approximate surface area is 195 Å². The third-order valence-electron chi connectivity index (χ3n) is 6.94. The molecule has 178 valence electrons. The Hall–Kier alpha value is -2.80. The number of hydrogen-bond acceptors (Lipinski definition) is 5. The van der Waals surface area contributed by atoms with Crippen molar-refractivity contribution in [1.29, 1.82) is 0 Å². The summed E-state index contributed by atoms with van der Waals surface area (Å²) in [7, 11) is 4.88. The first-order valence-electron chi connectivity index (χ1n) is 11.6. The predicted molar refractivity (Wildman–Crippen MR) is 124 cm³/mol. The van der Waals surface area contributed by atoms with Gasteiger partial charge >= 0.3 is 0 Å². The molecule has 4 rings (SSSR count). The quantitative estimate of drug-likeness (QED) is 0.603. The number of methoxy groups -OCH3 is 3. The van der Waals surface area contributed by atoms with Crippen LogP contribution < -0.4 is 14.2 Å². The van der Waals surface area contributed by atoms with Gasteiger partial charge in [-0.2, -0.15) is 0 Å². The number of benzene rings is 2. The molecule has 0 saturated carbocycles. The molecular formula is C26H33FN2O4. The zero-order chi connectivity index (χ0) is 23.4. The van der Waals surface area contributed by atoms with Crippen LogP contribution in [0.5, 0.6) is 17.2 Å². The van der Waals surface area contributed by atoms with Gasteiger partial charge in [0.15, 0.2) is 11.5 Å². The van der Waals surface area contributed by atoms with Crippen LogP contribution in [0.1, 0.15) is 30.4 Å². The van der Waals surface area contributed by atoms with Gasteiger partial charge in [0.1, 0.15) is 5.82 Å². The second-order valence-electron chi connectivity index (χ2n) is 8.85. The van der Waals surface area contributed by atoms with Crippen LogP contribution in [0, 0.1) is 11.7 Å². The molecule has 1 amide bonds. The Morgan fingerprint density at radius 3 is 2.58 bits per heavy atom. The molecule has 2 aromatic rings. The van der Waals surface area contributed by atoms with Crippen molar-refractivity contribution in [3.8, 4) is 17.2 Å². The maximum absolute atomic E-state index is 13.5. The van der Waals surface area contributed by atoms with Crippen LogP contribution in [0.25, 0.3) is 0 Å². The number of fused-ring (bicyclic) bond motifs is 1.